The average Bonchev–Trinajstić information content (AvgIpc) is 2.90. The van der Waals surface area contributed by atoms with Gasteiger partial charge in [0.1, 0.15) is 5.75 Å². The number of rotatable bonds is 11. The molecule has 4 rings (SSSR count). The second-order valence-corrected chi connectivity index (χ2v) is 9.18. The third kappa shape index (κ3) is 6.51. The van der Waals surface area contributed by atoms with Crippen molar-refractivity contribution in [3.05, 3.63) is 90.5 Å². The first-order chi connectivity index (χ1) is 17.2. The molecule has 3 nitrogen and oxygen atoms in total. The normalized spacial score (nSPS) is 10.9. The van der Waals surface area contributed by atoms with Crippen LogP contribution in [0.4, 0.5) is 5.69 Å². The fourth-order valence-electron chi connectivity index (χ4n) is 4.32. The molecule has 0 spiro atoms. The molecule has 0 aliphatic carbocycles. The SMILES string of the molecule is CCCCCCCCOc1ccccc1-c1cc(-c2ccc(N)c(C)c2)cc(-c2ccccc2)n1. The number of pyridine rings is 1. The Labute approximate surface area is 210 Å². The lowest BCUT2D eigenvalue weighted by Crippen LogP contribution is -2.00. The molecule has 0 saturated heterocycles. The summed E-state index contributed by atoms with van der Waals surface area (Å²) in [6.07, 6.45) is 7.48. The van der Waals surface area contributed by atoms with Gasteiger partial charge in [-0.1, -0.05) is 87.6 Å². The Morgan fingerprint density at radius 2 is 1.40 bits per heavy atom. The Balaban J connectivity index is 1.66. The number of anilines is 1. The summed E-state index contributed by atoms with van der Waals surface area (Å²) in [7, 11) is 0. The minimum atomic E-state index is 0.728. The molecule has 1 aromatic heterocycles. The summed E-state index contributed by atoms with van der Waals surface area (Å²) in [6.45, 7) is 5.02. The van der Waals surface area contributed by atoms with Crippen molar-refractivity contribution < 1.29 is 4.74 Å². The predicted molar refractivity (Wildman–Crippen MR) is 149 cm³/mol. The van der Waals surface area contributed by atoms with E-state index in [1.165, 1.54) is 32.1 Å². The van der Waals surface area contributed by atoms with Crippen LogP contribution in [0.1, 0.15) is 51.0 Å². The summed E-state index contributed by atoms with van der Waals surface area (Å²) in [5.41, 5.74) is 14.2. The zero-order valence-corrected chi connectivity index (χ0v) is 21.0. The van der Waals surface area contributed by atoms with Crippen molar-refractivity contribution in [2.75, 3.05) is 12.3 Å². The molecule has 35 heavy (non-hydrogen) atoms. The zero-order chi connectivity index (χ0) is 24.5. The first-order valence-corrected chi connectivity index (χ1v) is 12.8. The molecule has 0 aliphatic rings. The quantitative estimate of drug-likeness (QED) is 0.178. The number of benzene rings is 3. The highest BCUT2D eigenvalue weighted by molar-refractivity contribution is 5.79. The Morgan fingerprint density at radius 1 is 0.686 bits per heavy atom. The standard InChI is InChI=1S/C32H36N2O/c1-3-4-5-6-7-13-20-35-32-17-12-11-16-28(32)31-23-27(26-18-19-29(33)24(2)21-26)22-30(34-31)25-14-9-8-10-15-25/h8-12,14-19,21-23H,3-7,13,20,33H2,1-2H3. The summed E-state index contributed by atoms with van der Waals surface area (Å²) < 4.78 is 6.27. The summed E-state index contributed by atoms with van der Waals surface area (Å²) in [6, 6.07) is 29.1. The van der Waals surface area contributed by atoms with Gasteiger partial charge in [-0.15, -0.1) is 0 Å². The highest BCUT2D eigenvalue weighted by atomic mass is 16.5. The highest BCUT2D eigenvalue weighted by Gasteiger charge is 2.13. The van der Waals surface area contributed by atoms with Crippen LogP contribution in [-0.4, -0.2) is 11.6 Å². The van der Waals surface area contributed by atoms with Crippen molar-refractivity contribution in [1.29, 1.82) is 0 Å². The molecular formula is C32H36N2O. The van der Waals surface area contributed by atoms with Crippen molar-refractivity contribution >= 4 is 5.69 Å². The van der Waals surface area contributed by atoms with E-state index in [1.54, 1.807) is 0 Å². The van der Waals surface area contributed by atoms with Gasteiger partial charge in [0.05, 0.1) is 18.0 Å². The number of ether oxygens (including phenoxy) is 1. The van der Waals surface area contributed by atoms with Crippen LogP contribution in [0, 0.1) is 6.92 Å². The van der Waals surface area contributed by atoms with Crippen LogP contribution in [0.2, 0.25) is 0 Å². The molecular weight excluding hydrogens is 428 g/mol. The molecule has 0 fully saturated rings. The third-order valence-corrected chi connectivity index (χ3v) is 6.42. The minimum absolute atomic E-state index is 0.728. The molecule has 3 aromatic carbocycles. The molecule has 0 amide bonds. The maximum Gasteiger partial charge on any atom is 0.128 e. The van der Waals surface area contributed by atoms with E-state index in [1.807, 2.05) is 37.3 Å². The average molecular weight is 465 g/mol. The maximum absolute atomic E-state index is 6.27. The van der Waals surface area contributed by atoms with Crippen molar-refractivity contribution in [2.45, 2.75) is 52.4 Å². The summed E-state index contributed by atoms with van der Waals surface area (Å²) in [5, 5.41) is 0. The molecule has 0 saturated carbocycles. The fraction of sp³-hybridized carbons (Fsp3) is 0.281. The van der Waals surface area contributed by atoms with E-state index >= 15 is 0 Å². The molecule has 180 valence electrons. The molecule has 0 radical (unpaired) electrons. The van der Waals surface area contributed by atoms with Crippen molar-refractivity contribution in [3.8, 4) is 39.4 Å². The Hall–Kier alpha value is -3.59. The number of nitrogen functional groups attached to an aromatic ring is 1. The summed E-state index contributed by atoms with van der Waals surface area (Å²) >= 11 is 0. The lowest BCUT2D eigenvalue weighted by molar-refractivity contribution is 0.305. The Kier molecular flexibility index (Phi) is 8.56. The van der Waals surface area contributed by atoms with Crippen LogP contribution in [0.5, 0.6) is 5.75 Å². The van der Waals surface area contributed by atoms with Gasteiger partial charge in [0.15, 0.2) is 0 Å². The number of aryl methyl sites for hydroxylation is 1. The van der Waals surface area contributed by atoms with Gasteiger partial charge in [-0.2, -0.15) is 0 Å². The van der Waals surface area contributed by atoms with Crippen molar-refractivity contribution in [3.63, 3.8) is 0 Å². The molecule has 0 aliphatic heterocycles. The van der Waals surface area contributed by atoms with E-state index in [0.29, 0.717) is 0 Å². The first-order valence-electron chi connectivity index (χ1n) is 12.8. The lowest BCUT2D eigenvalue weighted by atomic mass is 9.98. The molecule has 1 heterocycles. The van der Waals surface area contributed by atoms with E-state index in [-0.39, 0.29) is 0 Å². The van der Waals surface area contributed by atoms with Crippen LogP contribution >= 0.6 is 0 Å². The van der Waals surface area contributed by atoms with E-state index in [2.05, 4.69) is 61.5 Å². The number of unbranched alkanes of at least 4 members (excludes halogenated alkanes) is 5. The number of hydrogen-bond donors (Lipinski definition) is 1. The topological polar surface area (TPSA) is 48.1 Å². The molecule has 2 N–H and O–H groups in total. The number of nitrogens with two attached hydrogens (primary N) is 1. The second kappa shape index (κ2) is 12.2. The Morgan fingerprint density at radius 3 is 2.20 bits per heavy atom. The van der Waals surface area contributed by atoms with Crippen LogP contribution in [-0.2, 0) is 0 Å². The largest absolute Gasteiger partial charge is 0.493 e. The van der Waals surface area contributed by atoms with Gasteiger partial charge >= 0.3 is 0 Å². The van der Waals surface area contributed by atoms with Crippen molar-refractivity contribution in [1.82, 2.24) is 4.98 Å². The van der Waals surface area contributed by atoms with Gasteiger partial charge in [-0.3, -0.25) is 0 Å². The van der Waals surface area contributed by atoms with E-state index in [0.717, 1.165) is 63.7 Å². The number of para-hydroxylation sites is 1. The molecule has 0 atom stereocenters. The summed E-state index contributed by atoms with van der Waals surface area (Å²) in [5.74, 6) is 0.887. The van der Waals surface area contributed by atoms with Crippen LogP contribution < -0.4 is 10.5 Å². The highest BCUT2D eigenvalue weighted by Crippen LogP contribution is 2.35. The van der Waals surface area contributed by atoms with Crippen LogP contribution in [0.25, 0.3) is 33.6 Å². The van der Waals surface area contributed by atoms with E-state index in [9.17, 15) is 0 Å². The molecule has 3 heteroatoms. The predicted octanol–water partition coefficient (Wildman–Crippen LogP) is 8.71. The van der Waals surface area contributed by atoms with Crippen molar-refractivity contribution in [2.24, 2.45) is 0 Å². The molecule has 0 unspecified atom stereocenters. The van der Waals surface area contributed by atoms with Crippen LogP contribution in [0.15, 0.2) is 84.9 Å². The van der Waals surface area contributed by atoms with Gasteiger partial charge in [0, 0.05) is 16.8 Å². The van der Waals surface area contributed by atoms with Gasteiger partial charge in [0.2, 0.25) is 0 Å². The van der Waals surface area contributed by atoms with E-state index < -0.39 is 0 Å². The molecule has 0 bridgehead atoms. The third-order valence-electron chi connectivity index (χ3n) is 6.42. The van der Waals surface area contributed by atoms with Gasteiger partial charge < -0.3 is 10.5 Å². The summed E-state index contributed by atoms with van der Waals surface area (Å²) in [4.78, 5) is 5.07. The van der Waals surface area contributed by atoms with Crippen LogP contribution in [0.3, 0.4) is 0 Å². The molecule has 4 aromatic rings. The monoisotopic (exact) mass is 464 g/mol. The second-order valence-electron chi connectivity index (χ2n) is 9.18. The number of nitrogens with zero attached hydrogens (tertiary/aromatic N) is 1. The van der Waals surface area contributed by atoms with Gasteiger partial charge in [-0.25, -0.2) is 4.98 Å². The smallest absolute Gasteiger partial charge is 0.128 e. The van der Waals surface area contributed by atoms with Gasteiger partial charge in [0.25, 0.3) is 0 Å². The Bertz CT molecular complexity index is 1230. The van der Waals surface area contributed by atoms with Gasteiger partial charge in [-0.05, 0) is 66.4 Å². The number of aromatic nitrogens is 1. The number of hydrogen-bond acceptors (Lipinski definition) is 3. The lowest BCUT2D eigenvalue weighted by Gasteiger charge is -2.14. The first kappa shape index (κ1) is 24.5. The zero-order valence-electron chi connectivity index (χ0n) is 21.0. The van der Waals surface area contributed by atoms with E-state index in [4.69, 9.17) is 15.5 Å². The minimum Gasteiger partial charge on any atom is -0.493 e. The maximum atomic E-state index is 6.27. The fourth-order valence-corrected chi connectivity index (χ4v) is 4.32.